The van der Waals surface area contributed by atoms with Crippen molar-refractivity contribution >= 4 is 23.3 Å². The Morgan fingerprint density at radius 3 is 2.58 bits per heavy atom. The van der Waals surface area contributed by atoms with Gasteiger partial charge in [0.15, 0.2) is 0 Å². The zero-order chi connectivity index (χ0) is 24.2. The van der Waals surface area contributed by atoms with Gasteiger partial charge in [-0.05, 0) is 18.4 Å². The van der Waals surface area contributed by atoms with E-state index < -0.39 is 0 Å². The molecule has 4 heterocycles. The largest absolute Gasteiger partial charge is 0.364 e. The second kappa shape index (κ2) is 10.2. The molecule has 6 nitrogen and oxygen atoms in total. The van der Waals surface area contributed by atoms with E-state index in [1.165, 1.54) is 24.0 Å². The number of pyridine rings is 1. The van der Waals surface area contributed by atoms with Gasteiger partial charge in [0, 0.05) is 47.7 Å². The van der Waals surface area contributed by atoms with E-state index in [1.807, 2.05) is 30.7 Å². The highest BCUT2D eigenvalue weighted by atomic mass is 32.1. The van der Waals surface area contributed by atoms with E-state index in [0.29, 0.717) is 16.1 Å². The van der Waals surface area contributed by atoms with Crippen molar-refractivity contribution < 1.29 is 4.79 Å². The van der Waals surface area contributed by atoms with Gasteiger partial charge in [0.25, 0.3) is 11.5 Å². The van der Waals surface area contributed by atoms with Gasteiger partial charge in [-0.15, -0.1) is 11.3 Å². The minimum Gasteiger partial charge on any atom is -0.364 e. The molecule has 4 rings (SSSR count). The molecule has 1 aliphatic heterocycles. The van der Waals surface area contributed by atoms with Crippen LogP contribution in [-0.2, 0) is 0 Å². The third-order valence-corrected chi connectivity index (χ3v) is 6.09. The molecule has 1 aliphatic rings. The van der Waals surface area contributed by atoms with Gasteiger partial charge in [-0.2, -0.15) is 0 Å². The number of aryl methyl sites for hydroxylation is 1. The SMILES string of the molecule is C=C/C=C\c1c(-c2csc(-c3cc(C(=O)N4CC(C)(C)C4)c[nH]c3=O)n2)c[nH]c1C.CCC. The first-order valence-electron chi connectivity index (χ1n) is 11.2. The van der Waals surface area contributed by atoms with Crippen LogP contribution in [0, 0.1) is 12.3 Å². The van der Waals surface area contributed by atoms with Gasteiger partial charge in [-0.1, -0.05) is 58.9 Å². The van der Waals surface area contributed by atoms with Gasteiger partial charge < -0.3 is 14.9 Å². The molecule has 0 spiro atoms. The molecule has 174 valence electrons. The maximum atomic E-state index is 12.8. The molecule has 33 heavy (non-hydrogen) atoms. The minimum atomic E-state index is -0.256. The molecule has 0 bridgehead atoms. The van der Waals surface area contributed by atoms with E-state index in [1.54, 1.807) is 17.0 Å². The van der Waals surface area contributed by atoms with E-state index >= 15 is 0 Å². The summed E-state index contributed by atoms with van der Waals surface area (Å²) >= 11 is 1.39. The number of aromatic amines is 2. The summed E-state index contributed by atoms with van der Waals surface area (Å²) in [6, 6.07) is 1.65. The summed E-state index contributed by atoms with van der Waals surface area (Å²) < 4.78 is 0. The van der Waals surface area contributed by atoms with E-state index in [4.69, 9.17) is 4.98 Å². The molecule has 3 aromatic heterocycles. The Bertz CT molecular complexity index is 1220. The van der Waals surface area contributed by atoms with Crippen LogP contribution in [-0.4, -0.2) is 38.8 Å². The molecule has 0 saturated carbocycles. The van der Waals surface area contributed by atoms with Crippen LogP contribution in [0.3, 0.4) is 0 Å². The van der Waals surface area contributed by atoms with Crippen LogP contribution >= 0.6 is 11.3 Å². The Hall–Kier alpha value is -3.19. The van der Waals surface area contributed by atoms with Crippen LogP contribution in [0.4, 0.5) is 0 Å². The van der Waals surface area contributed by atoms with Crippen LogP contribution in [0.25, 0.3) is 27.9 Å². The highest BCUT2D eigenvalue weighted by Gasteiger charge is 2.37. The molecule has 0 unspecified atom stereocenters. The van der Waals surface area contributed by atoms with E-state index in [9.17, 15) is 9.59 Å². The fourth-order valence-corrected chi connectivity index (χ4v) is 4.56. The number of nitrogens with one attached hydrogen (secondary N) is 2. The first-order valence-corrected chi connectivity index (χ1v) is 12.0. The first-order chi connectivity index (χ1) is 15.7. The van der Waals surface area contributed by atoms with Crippen molar-refractivity contribution in [2.24, 2.45) is 5.41 Å². The summed E-state index contributed by atoms with van der Waals surface area (Å²) in [7, 11) is 0. The number of nitrogens with zero attached hydrogens (tertiary/aromatic N) is 2. The Kier molecular flexibility index (Phi) is 7.53. The molecule has 0 atom stereocenters. The van der Waals surface area contributed by atoms with Crippen molar-refractivity contribution in [3.8, 4) is 21.8 Å². The summed E-state index contributed by atoms with van der Waals surface area (Å²) in [5.74, 6) is -0.0679. The van der Waals surface area contributed by atoms with Crippen LogP contribution in [0.5, 0.6) is 0 Å². The van der Waals surface area contributed by atoms with Gasteiger partial charge in [-0.3, -0.25) is 9.59 Å². The zero-order valence-electron chi connectivity index (χ0n) is 20.0. The predicted octanol–water partition coefficient (Wildman–Crippen LogP) is 5.90. The Morgan fingerprint density at radius 2 is 1.94 bits per heavy atom. The standard InChI is InChI=1S/C23H24N4O2S.C3H8/c1-5-6-7-16-14(2)24-10-18(16)19-11-30-21(26-19)17-8-15(9-25-20(17)28)22(29)27-12-23(3,4)13-27;1-3-2/h5-11,24H,1,12-13H2,2-4H3,(H,25,28);3H2,1-2H3/b7-6-;. The minimum absolute atomic E-state index is 0.0679. The second-order valence-electron chi connectivity index (χ2n) is 9.04. The van der Waals surface area contributed by atoms with Crippen molar-refractivity contribution in [1.82, 2.24) is 19.9 Å². The smallest absolute Gasteiger partial charge is 0.258 e. The molecule has 0 aromatic carbocycles. The zero-order valence-corrected chi connectivity index (χ0v) is 20.8. The highest BCUT2D eigenvalue weighted by molar-refractivity contribution is 7.13. The lowest BCUT2D eigenvalue weighted by Gasteiger charge is -2.45. The average Bonchev–Trinajstić information content (AvgIpc) is 3.37. The average molecular weight is 465 g/mol. The lowest BCUT2D eigenvalue weighted by molar-refractivity contribution is 0.0236. The van der Waals surface area contributed by atoms with Crippen molar-refractivity contribution in [3.05, 3.63) is 69.7 Å². The number of hydrogen-bond donors (Lipinski definition) is 2. The lowest BCUT2D eigenvalue weighted by Crippen LogP contribution is -2.55. The molecule has 7 heteroatoms. The van der Waals surface area contributed by atoms with Gasteiger partial charge in [-0.25, -0.2) is 4.98 Å². The maximum absolute atomic E-state index is 12.8. The lowest BCUT2D eigenvalue weighted by atomic mass is 9.84. The van der Waals surface area contributed by atoms with Gasteiger partial charge in [0.05, 0.1) is 16.8 Å². The molecule has 1 amide bonds. The molecule has 2 N–H and O–H groups in total. The van der Waals surface area contributed by atoms with Crippen molar-refractivity contribution in [2.45, 2.75) is 41.0 Å². The molecule has 1 saturated heterocycles. The van der Waals surface area contributed by atoms with E-state index in [0.717, 1.165) is 35.6 Å². The second-order valence-corrected chi connectivity index (χ2v) is 9.90. The fourth-order valence-electron chi connectivity index (χ4n) is 3.73. The number of likely N-dealkylation sites (tertiary alicyclic amines) is 1. The molecular formula is C26H32N4O2S. The molecule has 0 radical (unpaired) electrons. The third-order valence-electron chi connectivity index (χ3n) is 5.21. The van der Waals surface area contributed by atoms with Crippen LogP contribution in [0.2, 0.25) is 0 Å². The Labute approximate surface area is 199 Å². The predicted molar refractivity (Wildman–Crippen MR) is 138 cm³/mol. The molecule has 1 fully saturated rings. The molecular weight excluding hydrogens is 432 g/mol. The number of carbonyl (C=O) groups is 1. The van der Waals surface area contributed by atoms with Crippen molar-refractivity contribution in [3.63, 3.8) is 0 Å². The Balaban J connectivity index is 0.000000968. The maximum Gasteiger partial charge on any atom is 0.258 e. The summed E-state index contributed by atoms with van der Waals surface area (Å²) in [6.07, 6.45) is 10.2. The number of carbonyl (C=O) groups excluding carboxylic acids is 1. The number of aromatic nitrogens is 3. The normalized spacial score (nSPS) is 14.5. The number of amides is 1. The van der Waals surface area contributed by atoms with Crippen molar-refractivity contribution in [2.75, 3.05) is 13.1 Å². The quantitative estimate of drug-likeness (QED) is 0.461. The summed E-state index contributed by atoms with van der Waals surface area (Å²) in [5.41, 5.74) is 4.58. The van der Waals surface area contributed by atoms with E-state index in [2.05, 4.69) is 44.2 Å². The van der Waals surface area contributed by atoms with Gasteiger partial charge in [0.2, 0.25) is 0 Å². The number of thiazole rings is 1. The molecule has 3 aromatic rings. The Morgan fingerprint density at radius 1 is 1.24 bits per heavy atom. The van der Waals surface area contributed by atoms with Gasteiger partial charge in [0.1, 0.15) is 5.01 Å². The fraction of sp³-hybridized carbons (Fsp3) is 0.346. The first kappa shape index (κ1) is 24.5. The number of H-pyrrole nitrogens is 2. The number of allylic oxidation sites excluding steroid dienone is 2. The molecule has 0 aliphatic carbocycles. The monoisotopic (exact) mass is 464 g/mol. The van der Waals surface area contributed by atoms with Crippen LogP contribution < -0.4 is 5.56 Å². The topological polar surface area (TPSA) is 81.8 Å². The number of hydrogen-bond acceptors (Lipinski definition) is 4. The summed E-state index contributed by atoms with van der Waals surface area (Å²) in [4.78, 5) is 37.6. The number of rotatable bonds is 5. The summed E-state index contributed by atoms with van der Waals surface area (Å²) in [5, 5.41) is 2.51. The van der Waals surface area contributed by atoms with E-state index in [-0.39, 0.29) is 16.9 Å². The highest BCUT2D eigenvalue weighted by Crippen LogP contribution is 2.33. The van der Waals surface area contributed by atoms with Crippen molar-refractivity contribution in [1.29, 1.82) is 0 Å². The third kappa shape index (κ3) is 5.42. The van der Waals surface area contributed by atoms with Crippen LogP contribution in [0.15, 0.2) is 47.4 Å². The van der Waals surface area contributed by atoms with Crippen LogP contribution in [0.1, 0.15) is 55.7 Å². The summed E-state index contributed by atoms with van der Waals surface area (Å²) in [6.45, 7) is 15.7. The van der Waals surface area contributed by atoms with Gasteiger partial charge >= 0.3 is 0 Å².